The lowest BCUT2D eigenvalue weighted by atomic mass is 9.88. The minimum absolute atomic E-state index is 0.0884. The molecule has 0 heterocycles. The summed E-state index contributed by atoms with van der Waals surface area (Å²) >= 11 is 0. The third-order valence-electron chi connectivity index (χ3n) is 3.32. The molecule has 1 unspecified atom stereocenters. The van der Waals surface area contributed by atoms with E-state index in [1.54, 1.807) is 0 Å². The lowest BCUT2D eigenvalue weighted by molar-refractivity contribution is 0.0880. The molecule has 5 N–H and O–H groups in total. The van der Waals surface area contributed by atoms with Gasteiger partial charge in [0.05, 0.1) is 11.1 Å². The number of benzene rings is 1. The van der Waals surface area contributed by atoms with Crippen molar-refractivity contribution >= 4 is 5.91 Å². The summed E-state index contributed by atoms with van der Waals surface area (Å²) in [5.74, 6) is -0.593. The summed E-state index contributed by atoms with van der Waals surface area (Å²) in [5.41, 5.74) is 5.26. The van der Waals surface area contributed by atoms with Gasteiger partial charge >= 0.3 is 0 Å². The van der Waals surface area contributed by atoms with Crippen LogP contribution >= 0.6 is 0 Å². The highest BCUT2D eigenvalue weighted by atomic mass is 16.3. The Morgan fingerprint density at radius 2 is 2.06 bits per heavy atom. The molecule has 0 aliphatic rings. The zero-order valence-corrected chi connectivity index (χ0v) is 10.9. The molecule has 1 aromatic carbocycles. The number of aromatic hydroxyl groups is 2. The Morgan fingerprint density at radius 3 is 2.50 bits per heavy atom. The van der Waals surface area contributed by atoms with Gasteiger partial charge in [0.25, 0.3) is 5.91 Å². The summed E-state index contributed by atoms with van der Waals surface area (Å²) in [6.07, 6.45) is 0. The van der Waals surface area contributed by atoms with Crippen molar-refractivity contribution in [1.82, 2.24) is 5.32 Å². The second kappa shape index (κ2) is 5.27. The summed E-state index contributed by atoms with van der Waals surface area (Å²) in [6.45, 7) is 6.08. The molecule has 0 saturated carbocycles. The number of hydrogen-bond donors (Lipinski definition) is 4. The van der Waals surface area contributed by atoms with Crippen molar-refractivity contribution in [1.29, 1.82) is 0 Å². The van der Waals surface area contributed by atoms with E-state index in [1.165, 1.54) is 12.1 Å². The number of rotatable bonds is 4. The molecule has 1 atom stereocenters. The number of amides is 1. The van der Waals surface area contributed by atoms with Crippen LogP contribution in [-0.2, 0) is 0 Å². The Labute approximate surface area is 107 Å². The summed E-state index contributed by atoms with van der Waals surface area (Å²) < 4.78 is 0. The second-order valence-corrected chi connectivity index (χ2v) is 4.93. The molecule has 0 aliphatic carbocycles. The van der Waals surface area contributed by atoms with E-state index >= 15 is 0 Å². The fourth-order valence-electron chi connectivity index (χ4n) is 1.47. The molecule has 5 heteroatoms. The number of phenolic OH excluding ortho intramolecular Hbond substituents is 2. The summed E-state index contributed by atoms with van der Waals surface area (Å²) in [6, 6.07) is 3.85. The van der Waals surface area contributed by atoms with E-state index in [-0.39, 0.29) is 23.0 Å². The molecule has 100 valence electrons. The first-order valence-electron chi connectivity index (χ1n) is 5.84. The average molecular weight is 252 g/mol. The molecule has 0 saturated heterocycles. The molecular weight excluding hydrogens is 232 g/mol. The molecule has 0 bridgehead atoms. The van der Waals surface area contributed by atoms with E-state index in [2.05, 4.69) is 5.32 Å². The highest BCUT2D eigenvalue weighted by Gasteiger charge is 2.29. The minimum Gasteiger partial charge on any atom is -0.508 e. The summed E-state index contributed by atoms with van der Waals surface area (Å²) in [5, 5.41) is 21.6. The van der Waals surface area contributed by atoms with E-state index in [9.17, 15) is 15.0 Å². The third-order valence-corrected chi connectivity index (χ3v) is 3.32. The van der Waals surface area contributed by atoms with Crippen LogP contribution in [0.3, 0.4) is 0 Å². The lowest BCUT2D eigenvalue weighted by Gasteiger charge is -2.33. The molecule has 1 amide bonds. The number of hydrogen-bond acceptors (Lipinski definition) is 4. The van der Waals surface area contributed by atoms with Gasteiger partial charge in [-0.25, -0.2) is 0 Å². The smallest absolute Gasteiger partial charge is 0.255 e. The first-order valence-corrected chi connectivity index (χ1v) is 5.84. The monoisotopic (exact) mass is 252 g/mol. The van der Waals surface area contributed by atoms with Crippen LogP contribution in [-0.4, -0.2) is 28.2 Å². The van der Waals surface area contributed by atoms with Gasteiger partial charge in [-0.3, -0.25) is 4.79 Å². The lowest BCUT2D eigenvalue weighted by Crippen LogP contribution is -2.55. The van der Waals surface area contributed by atoms with Crippen molar-refractivity contribution in [3.05, 3.63) is 23.8 Å². The Balaban J connectivity index is 2.95. The molecule has 0 aliphatic heterocycles. The van der Waals surface area contributed by atoms with E-state index in [1.807, 2.05) is 20.8 Å². The summed E-state index contributed by atoms with van der Waals surface area (Å²) in [7, 11) is 0. The van der Waals surface area contributed by atoms with Crippen molar-refractivity contribution < 1.29 is 15.0 Å². The molecule has 18 heavy (non-hydrogen) atoms. The van der Waals surface area contributed by atoms with Crippen molar-refractivity contribution in [3.63, 3.8) is 0 Å². The van der Waals surface area contributed by atoms with Gasteiger partial charge in [-0.15, -0.1) is 0 Å². The highest BCUT2D eigenvalue weighted by Crippen LogP contribution is 2.24. The first kappa shape index (κ1) is 14.3. The van der Waals surface area contributed by atoms with Crippen molar-refractivity contribution in [2.45, 2.75) is 26.3 Å². The largest absolute Gasteiger partial charge is 0.508 e. The van der Waals surface area contributed by atoms with Crippen LogP contribution in [0.1, 0.15) is 31.1 Å². The maximum Gasteiger partial charge on any atom is 0.255 e. The van der Waals surface area contributed by atoms with Gasteiger partial charge in [0.2, 0.25) is 0 Å². The molecule has 0 radical (unpaired) electrons. The van der Waals surface area contributed by atoms with Crippen molar-refractivity contribution in [2.75, 3.05) is 6.54 Å². The topological polar surface area (TPSA) is 95.6 Å². The Hall–Kier alpha value is -1.75. The first-order chi connectivity index (χ1) is 8.30. The number of nitrogens with one attached hydrogen (secondary N) is 1. The van der Waals surface area contributed by atoms with Crippen LogP contribution in [0.4, 0.5) is 0 Å². The number of nitrogens with two attached hydrogens (primary N) is 1. The zero-order chi connectivity index (χ0) is 13.9. The predicted octanol–water partition coefficient (Wildman–Crippen LogP) is 1.20. The van der Waals surface area contributed by atoms with Gasteiger partial charge in [-0.05, 0) is 25.0 Å². The van der Waals surface area contributed by atoms with Crippen LogP contribution in [0.25, 0.3) is 0 Å². The zero-order valence-electron chi connectivity index (χ0n) is 10.9. The predicted molar refractivity (Wildman–Crippen MR) is 69.5 cm³/mol. The minimum atomic E-state index is -0.540. The Kier molecular flexibility index (Phi) is 4.19. The molecule has 1 aromatic rings. The molecule has 0 spiro atoms. The van der Waals surface area contributed by atoms with E-state index in [4.69, 9.17) is 5.73 Å². The van der Waals surface area contributed by atoms with Crippen molar-refractivity contribution in [2.24, 2.45) is 11.7 Å². The van der Waals surface area contributed by atoms with Gasteiger partial charge in [-0.2, -0.15) is 0 Å². The van der Waals surface area contributed by atoms with Crippen LogP contribution in [0.15, 0.2) is 18.2 Å². The molecule has 1 rings (SSSR count). The van der Waals surface area contributed by atoms with Gasteiger partial charge < -0.3 is 21.3 Å². The maximum absolute atomic E-state index is 12.0. The Bertz CT molecular complexity index is 446. The van der Waals surface area contributed by atoms with Crippen LogP contribution < -0.4 is 11.1 Å². The third kappa shape index (κ3) is 2.92. The van der Waals surface area contributed by atoms with Crippen LogP contribution in [0, 0.1) is 5.92 Å². The molecule has 0 aromatic heterocycles. The van der Waals surface area contributed by atoms with E-state index in [0.29, 0.717) is 6.54 Å². The number of carbonyl (C=O) groups excluding carboxylic acids is 1. The SMILES string of the molecule is CC(C)C(C)(CN)NC(=O)c1ccc(O)cc1O. The maximum atomic E-state index is 12.0. The van der Waals surface area contributed by atoms with Gasteiger partial charge in [0.15, 0.2) is 0 Å². The van der Waals surface area contributed by atoms with Gasteiger partial charge in [0, 0.05) is 12.6 Å². The summed E-state index contributed by atoms with van der Waals surface area (Å²) in [4.78, 5) is 12.0. The van der Waals surface area contributed by atoms with Crippen molar-refractivity contribution in [3.8, 4) is 11.5 Å². The number of carbonyl (C=O) groups is 1. The van der Waals surface area contributed by atoms with E-state index < -0.39 is 11.4 Å². The normalized spacial score (nSPS) is 14.3. The van der Waals surface area contributed by atoms with Gasteiger partial charge in [-0.1, -0.05) is 13.8 Å². The molecular formula is C13H20N2O3. The standard InChI is InChI=1S/C13H20N2O3/c1-8(2)13(3,7-14)15-12(18)10-5-4-9(16)6-11(10)17/h4-6,8,16-17H,7,14H2,1-3H3,(H,15,18). The highest BCUT2D eigenvalue weighted by molar-refractivity contribution is 5.97. The van der Waals surface area contributed by atoms with Crippen LogP contribution in [0.5, 0.6) is 11.5 Å². The molecule has 5 nitrogen and oxygen atoms in total. The quantitative estimate of drug-likeness (QED) is 0.647. The van der Waals surface area contributed by atoms with Gasteiger partial charge in [0.1, 0.15) is 11.5 Å². The van der Waals surface area contributed by atoms with E-state index in [0.717, 1.165) is 6.07 Å². The number of phenols is 2. The average Bonchev–Trinajstić information content (AvgIpc) is 2.28. The second-order valence-electron chi connectivity index (χ2n) is 4.93. The fourth-order valence-corrected chi connectivity index (χ4v) is 1.47. The fraction of sp³-hybridized carbons (Fsp3) is 0.462. The molecule has 0 fully saturated rings. The van der Waals surface area contributed by atoms with Crippen LogP contribution in [0.2, 0.25) is 0 Å². The Morgan fingerprint density at radius 1 is 1.44 bits per heavy atom.